The third kappa shape index (κ3) is 5.32. The van der Waals surface area contributed by atoms with Gasteiger partial charge in [0.1, 0.15) is 0 Å². The van der Waals surface area contributed by atoms with Gasteiger partial charge in [-0.25, -0.2) is 0 Å². The van der Waals surface area contributed by atoms with Crippen LogP contribution in [0.25, 0.3) is 10.8 Å². The average Bonchev–Trinajstić information content (AvgIpc) is 2.16. The van der Waals surface area contributed by atoms with Gasteiger partial charge in [-0.15, -0.1) is 0 Å². The van der Waals surface area contributed by atoms with Crippen molar-refractivity contribution in [1.82, 2.24) is 0 Å². The van der Waals surface area contributed by atoms with Gasteiger partial charge in [-0.05, 0) is 10.8 Å². The van der Waals surface area contributed by atoms with Gasteiger partial charge >= 0.3 is 5.51 Å². The molecule has 4 heteroatoms. The van der Waals surface area contributed by atoms with E-state index in [-0.39, 0.29) is 0 Å². The summed E-state index contributed by atoms with van der Waals surface area (Å²) in [6.45, 7) is 0. The number of hydrogen-bond acceptors (Lipinski definition) is 1. The molecule has 0 nitrogen and oxygen atoms in total. The number of alkyl halides is 3. The van der Waals surface area contributed by atoms with E-state index < -0.39 is 5.51 Å². The fourth-order valence-corrected chi connectivity index (χ4v) is 1.13. The molecule has 0 atom stereocenters. The van der Waals surface area contributed by atoms with Gasteiger partial charge in [0, 0.05) is 0 Å². The Bertz CT molecular complexity index is 352. The minimum atomic E-state index is -4.31. The fraction of sp³-hybridized carbons (Fsp3) is 0.0909. The lowest BCUT2D eigenvalue weighted by molar-refractivity contribution is -0.0303. The normalized spacial score (nSPS) is 10.7. The summed E-state index contributed by atoms with van der Waals surface area (Å²) in [4.78, 5) is 0. The standard InChI is InChI=1S/C10H8.CHF3S/c1-2-6-10-8-4-3-7-9(10)5-1;2-1(3,4)5/h1-8H;5H. The van der Waals surface area contributed by atoms with Gasteiger partial charge in [0.2, 0.25) is 0 Å². The van der Waals surface area contributed by atoms with Crippen LogP contribution in [0.2, 0.25) is 0 Å². The van der Waals surface area contributed by atoms with Gasteiger partial charge in [0.25, 0.3) is 0 Å². The highest BCUT2D eigenvalue weighted by Gasteiger charge is 2.17. The molecule has 0 saturated carbocycles. The maximum atomic E-state index is 10.2. The quantitative estimate of drug-likeness (QED) is 0.642. The molecule has 2 aromatic rings. The van der Waals surface area contributed by atoms with E-state index in [1.807, 2.05) is 0 Å². The zero-order valence-electron chi connectivity index (χ0n) is 7.70. The minimum absolute atomic E-state index is 1.31. The molecule has 2 aromatic carbocycles. The molecule has 0 aromatic heterocycles. The lowest BCUT2D eigenvalue weighted by atomic mass is 10.1. The lowest BCUT2D eigenvalue weighted by Crippen LogP contribution is -1.89. The second-order valence-electron chi connectivity index (χ2n) is 2.81. The lowest BCUT2D eigenvalue weighted by Gasteiger charge is -1.92. The monoisotopic (exact) mass is 230 g/mol. The number of fused-ring (bicyclic) bond motifs is 1. The Morgan fingerprint density at radius 3 is 1.13 bits per heavy atom. The highest BCUT2D eigenvalue weighted by Crippen LogP contribution is 2.17. The van der Waals surface area contributed by atoms with Crippen LogP contribution in [-0.4, -0.2) is 5.51 Å². The van der Waals surface area contributed by atoms with Crippen molar-refractivity contribution in [3.8, 4) is 0 Å². The molecule has 0 fully saturated rings. The first-order chi connectivity index (χ1) is 6.97. The average molecular weight is 230 g/mol. The molecule has 2 rings (SSSR count). The van der Waals surface area contributed by atoms with Gasteiger partial charge in [-0.2, -0.15) is 13.2 Å². The van der Waals surface area contributed by atoms with Crippen molar-refractivity contribution in [2.24, 2.45) is 0 Å². The molecule has 0 radical (unpaired) electrons. The van der Waals surface area contributed by atoms with E-state index in [4.69, 9.17) is 0 Å². The predicted octanol–water partition coefficient (Wildman–Crippen LogP) is 4.28. The van der Waals surface area contributed by atoms with E-state index in [9.17, 15) is 13.2 Å². The number of thiol groups is 1. The van der Waals surface area contributed by atoms with E-state index in [0.717, 1.165) is 0 Å². The van der Waals surface area contributed by atoms with Crippen LogP contribution in [0.5, 0.6) is 0 Å². The van der Waals surface area contributed by atoms with Gasteiger partial charge in [-0.1, -0.05) is 61.2 Å². The second-order valence-corrected chi connectivity index (χ2v) is 3.32. The van der Waals surface area contributed by atoms with Crippen molar-refractivity contribution in [2.75, 3.05) is 0 Å². The van der Waals surface area contributed by atoms with E-state index in [1.54, 1.807) is 0 Å². The SMILES string of the molecule is FC(F)(F)S.c1ccc2ccccc2c1. The maximum absolute atomic E-state index is 10.2. The van der Waals surface area contributed by atoms with Crippen LogP contribution in [0.4, 0.5) is 13.2 Å². The van der Waals surface area contributed by atoms with Crippen molar-refractivity contribution in [3.63, 3.8) is 0 Å². The van der Waals surface area contributed by atoms with Crippen molar-refractivity contribution in [1.29, 1.82) is 0 Å². The molecule has 0 saturated heterocycles. The van der Waals surface area contributed by atoms with Crippen LogP contribution in [0.3, 0.4) is 0 Å². The van der Waals surface area contributed by atoms with Crippen molar-refractivity contribution in [2.45, 2.75) is 5.51 Å². The minimum Gasteiger partial charge on any atom is -0.161 e. The molecule has 0 bridgehead atoms. The summed E-state index contributed by atoms with van der Waals surface area (Å²) in [5, 5.41) is 2.62. The van der Waals surface area contributed by atoms with Crippen LogP contribution < -0.4 is 0 Å². The summed E-state index contributed by atoms with van der Waals surface area (Å²) < 4.78 is 30.7. The number of rotatable bonds is 0. The van der Waals surface area contributed by atoms with Crippen molar-refractivity contribution in [3.05, 3.63) is 48.5 Å². The summed E-state index contributed by atoms with van der Waals surface area (Å²) in [7, 11) is 0. The molecule has 0 heterocycles. The van der Waals surface area contributed by atoms with Crippen LogP contribution in [0.1, 0.15) is 0 Å². The Balaban J connectivity index is 0.000000195. The van der Waals surface area contributed by atoms with Gasteiger partial charge < -0.3 is 0 Å². The Labute approximate surface area is 91.1 Å². The molecule has 15 heavy (non-hydrogen) atoms. The summed E-state index contributed by atoms with van der Waals surface area (Å²) in [6.07, 6.45) is 0. The molecule has 0 spiro atoms. The third-order valence-corrected chi connectivity index (χ3v) is 1.66. The van der Waals surface area contributed by atoms with Crippen molar-refractivity contribution < 1.29 is 13.2 Å². The summed E-state index contributed by atoms with van der Waals surface area (Å²) in [5.74, 6) is 0. The number of benzene rings is 2. The first kappa shape index (κ1) is 11.9. The Kier molecular flexibility index (Phi) is 4.03. The molecular weight excluding hydrogens is 221 g/mol. The first-order valence-corrected chi connectivity index (χ1v) is 4.64. The van der Waals surface area contributed by atoms with Crippen LogP contribution in [0.15, 0.2) is 48.5 Å². The van der Waals surface area contributed by atoms with Crippen LogP contribution in [-0.2, 0) is 0 Å². The predicted molar refractivity (Wildman–Crippen MR) is 59.0 cm³/mol. The maximum Gasteiger partial charge on any atom is 0.438 e. The van der Waals surface area contributed by atoms with Gasteiger partial charge in [-0.3, -0.25) is 0 Å². The Morgan fingerprint density at radius 1 is 0.733 bits per heavy atom. The highest BCUT2D eigenvalue weighted by atomic mass is 32.1. The second kappa shape index (κ2) is 5.07. The first-order valence-electron chi connectivity index (χ1n) is 4.20. The Hall–Kier alpha value is -1.16. The van der Waals surface area contributed by atoms with Crippen LogP contribution in [0, 0.1) is 0 Å². The highest BCUT2D eigenvalue weighted by molar-refractivity contribution is 7.81. The topological polar surface area (TPSA) is 0 Å². The molecule has 0 aliphatic heterocycles. The van der Waals surface area contributed by atoms with Gasteiger partial charge in [0.05, 0.1) is 0 Å². The van der Waals surface area contributed by atoms with E-state index >= 15 is 0 Å². The molecule has 0 aliphatic rings. The summed E-state index contributed by atoms with van der Waals surface area (Å²) in [5.41, 5.74) is -4.31. The molecule has 0 amide bonds. The molecule has 0 N–H and O–H groups in total. The summed E-state index contributed by atoms with van der Waals surface area (Å²) >= 11 is 2.12. The van der Waals surface area contributed by atoms with E-state index in [0.29, 0.717) is 0 Å². The van der Waals surface area contributed by atoms with Gasteiger partial charge in [0.15, 0.2) is 0 Å². The van der Waals surface area contributed by atoms with Crippen molar-refractivity contribution >= 4 is 23.4 Å². The summed E-state index contributed by atoms with van der Waals surface area (Å²) in [6, 6.07) is 16.7. The fourth-order valence-electron chi connectivity index (χ4n) is 1.13. The Morgan fingerprint density at radius 2 is 0.933 bits per heavy atom. The zero-order valence-corrected chi connectivity index (χ0v) is 8.59. The molecule has 0 aliphatic carbocycles. The number of halogens is 3. The zero-order chi connectivity index (χ0) is 11.3. The van der Waals surface area contributed by atoms with Crippen LogP contribution >= 0.6 is 12.6 Å². The third-order valence-electron chi connectivity index (χ3n) is 1.66. The molecular formula is C11H9F3S. The van der Waals surface area contributed by atoms with E-state index in [2.05, 4.69) is 61.2 Å². The molecule has 0 unspecified atom stereocenters. The number of hydrogen-bond donors (Lipinski definition) is 1. The largest absolute Gasteiger partial charge is 0.438 e. The van der Waals surface area contributed by atoms with E-state index in [1.165, 1.54) is 10.8 Å². The smallest absolute Gasteiger partial charge is 0.161 e. The molecule has 80 valence electrons.